The summed E-state index contributed by atoms with van der Waals surface area (Å²) in [7, 11) is 0. The van der Waals surface area contributed by atoms with E-state index in [1.54, 1.807) is 13.8 Å². The van der Waals surface area contributed by atoms with E-state index in [9.17, 15) is 9.59 Å². The molecular formula is C10H17NO4. The van der Waals surface area contributed by atoms with Crippen LogP contribution in [0.1, 0.15) is 27.7 Å². The maximum absolute atomic E-state index is 11.6. The lowest BCUT2D eigenvalue weighted by atomic mass is 9.84. The van der Waals surface area contributed by atoms with Gasteiger partial charge in [0, 0.05) is 0 Å². The number of carbonyl (C=O) groups excluding carboxylic acids is 2. The number of carbonyl (C=O) groups is 2. The molecule has 1 amide bonds. The van der Waals surface area contributed by atoms with Crippen LogP contribution in [-0.4, -0.2) is 29.7 Å². The topological polar surface area (TPSA) is 81.9 Å². The molecule has 0 unspecified atom stereocenters. The molecule has 1 rings (SSSR count). The van der Waals surface area contributed by atoms with Crippen LogP contribution in [0.5, 0.6) is 0 Å². The van der Waals surface area contributed by atoms with Gasteiger partial charge in [0.15, 0.2) is 0 Å². The molecule has 0 radical (unpaired) electrons. The summed E-state index contributed by atoms with van der Waals surface area (Å²) >= 11 is 0. The van der Waals surface area contributed by atoms with E-state index >= 15 is 0 Å². The monoisotopic (exact) mass is 215 g/mol. The minimum atomic E-state index is -1.59. The van der Waals surface area contributed by atoms with E-state index in [0.717, 1.165) is 0 Å². The quantitative estimate of drug-likeness (QED) is 0.413. The summed E-state index contributed by atoms with van der Waals surface area (Å²) in [6, 6.07) is 0. The zero-order valence-electron chi connectivity index (χ0n) is 9.49. The maximum atomic E-state index is 11.6. The number of primary amides is 1. The Labute approximate surface area is 88.9 Å². The van der Waals surface area contributed by atoms with Crippen molar-refractivity contribution >= 4 is 11.9 Å². The maximum Gasteiger partial charge on any atom is 0.351 e. The standard InChI is InChI=1S/C10H17NO4/c1-5-14-8(13)10(7(11)12)9(4,15-10)6(2)3/h6H,5H2,1-4H3,(H2,11,12)/t9-,10-/m1/s1. The van der Waals surface area contributed by atoms with Gasteiger partial charge in [-0.15, -0.1) is 0 Å². The molecule has 1 saturated heterocycles. The van der Waals surface area contributed by atoms with Gasteiger partial charge in [-0.1, -0.05) is 13.8 Å². The molecule has 0 saturated carbocycles. The Morgan fingerprint density at radius 1 is 1.47 bits per heavy atom. The van der Waals surface area contributed by atoms with Gasteiger partial charge in [0.1, 0.15) is 5.60 Å². The number of nitrogens with two attached hydrogens (primary N) is 1. The first-order chi connectivity index (χ1) is 6.83. The van der Waals surface area contributed by atoms with Crippen molar-refractivity contribution < 1.29 is 19.1 Å². The van der Waals surface area contributed by atoms with E-state index in [-0.39, 0.29) is 12.5 Å². The number of ether oxygens (including phenoxy) is 2. The molecular weight excluding hydrogens is 198 g/mol. The predicted molar refractivity (Wildman–Crippen MR) is 52.9 cm³/mol. The van der Waals surface area contributed by atoms with Crippen LogP contribution in [-0.2, 0) is 19.1 Å². The van der Waals surface area contributed by atoms with Crippen molar-refractivity contribution in [1.82, 2.24) is 0 Å². The summed E-state index contributed by atoms with van der Waals surface area (Å²) in [6.07, 6.45) is 0. The average molecular weight is 215 g/mol. The first-order valence-electron chi connectivity index (χ1n) is 5.00. The van der Waals surface area contributed by atoms with Crippen LogP contribution in [0, 0.1) is 5.92 Å². The first-order valence-corrected chi connectivity index (χ1v) is 5.00. The van der Waals surface area contributed by atoms with Crippen LogP contribution in [0.4, 0.5) is 0 Å². The molecule has 0 bridgehead atoms. The third kappa shape index (κ3) is 1.42. The lowest BCUT2D eigenvalue weighted by Crippen LogP contribution is -2.47. The van der Waals surface area contributed by atoms with Gasteiger partial charge >= 0.3 is 5.97 Å². The number of hydrogen-bond acceptors (Lipinski definition) is 4. The molecule has 1 fully saturated rings. The Balaban J connectivity index is 2.97. The molecule has 0 aromatic carbocycles. The molecule has 86 valence electrons. The Hall–Kier alpha value is -1.10. The number of epoxide rings is 1. The molecule has 5 nitrogen and oxygen atoms in total. The lowest BCUT2D eigenvalue weighted by Gasteiger charge is -2.15. The number of esters is 1. The van der Waals surface area contributed by atoms with Crippen molar-refractivity contribution in [2.45, 2.75) is 38.9 Å². The Bertz CT molecular complexity index is 302. The van der Waals surface area contributed by atoms with Crippen molar-refractivity contribution in [2.24, 2.45) is 11.7 Å². The summed E-state index contributed by atoms with van der Waals surface area (Å²) in [6.45, 7) is 7.29. The summed E-state index contributed by atoms with van der Waals surface area (Å²) in [4.78, 5) is 23.0. The normalized spacial score (nSPS) is 33.9. The second kappa shape index (κ2) is 3.48. The molecule has 1 aliphatic rings. The summed E-state index contributed by atoms with van der Waals surface area (Å²) in [5, 5.41) is 0. The van der Waals surface area contributed by atoms with Crippen molar-refractivity contribution in [3.05, 3.63) is 0 Å². The van der Waals surface area contributed by atoms with E-state index in [4.69, 9.17) is 15.2 Å². The number of rotatable bonds is 4. The molecule has 2 N–H and O–H groups in total. The second-order valence-corrected chi connectivity index (χ2v) is 4.13. The van der Waals surface area contributed by atoms with Crippen molar-refractivity contribution in [2.75, 3.05) is 6.61 Å². The van der Waals surface area contributed by atoms with E-state index < -0.39 is 23.1 Å². The molecule has 15 heavy (non-hydrogen) atoms. The van der Waals surface area contributed by atoms with Crippen LogP contribution < -0.4 is 5.73 Å². The molecule has 1 heterocycles. The highest BCUT2D eigenvalue weighted by atomic mass is 16.7. The summed E-state index contributed by atoms with van der Waals surface area (Å²) in [5.41, 5.74) is 2.78. The fourth-order valence-corrected chi connectivity index (χ4v) is 1.69. The van der Waals surface area contributed by atoms with Gasteiger partial charge < -0.3 is 15.2 Å². The SMILES string of the molecule is CCOC(=O)[C@@]1(C(N)=O)O[C@]1(C)C(C)C. The molecule has 0 aromatic heterocycles. The highest BCUT2D eigenvalue weighted by molar-refractivity contribution is 6.10. The molecule has 0 aromatic rings. The molecule has 0 spiro atoms. The van der Waals surface area contributed by atoms with Crippen LogP contribution in [0.15, 0.2) is 0 Å². The van der Waals surface area contributed by atoms with E-state index in [0.29, 0.717) is 0 Å². The third-order valence-electron chi connectivity index (χ3n) is 3.03. The molecule has 0 aliphatic carbocycles. The van der Waals surface area contributed by atoms with Crippen molar-refractivity contribution in [3.8, 4) is 0 Å². The fraction of sp³-hybridized carbons (Fsp3) is 0.800. The lowest BCUT2D eigenvalue weighted by molar-refractivity contribution is -0.153. The molecule has 2 atom stereocenters. The van der Waals surface area contributed by atoms with Crippen LogP contribution in [0.25, 0.3) is 0 Å². The van der Waals surface area contributed by atoms with Gasteiger partial charge in [-0.05, 0) is 19.8 Å². The zero-order chi connectivity index (χ0) is 11.9. The van der Waals surface area contributed by atoms with Crippen molar-refractivity contribution in [1.29, 1.82) is 0 Å². The highest BCUT2D eigenvalue weighted by Crippen LogP contribution is 2.53. The van der Waals surface area contributed by atoms with E-state index in [1.165, 1.54) is 0 Å². The Morgan fingerprint density at radius 3 is 2.27 bits per heavy atom. The van der Waals surface area contributed by atoms with Gasteiger partial charge in [-0.3, -0.25) is 4.79 Å². The average Bonchev–Trinajstić information content (AvgIpc) is 2.76. The molecule has 5 heteroatoms. The predicted octanol–water partition coefficient (Wildman–Crippen LogP) is 0.218. The minimum Gasteiger partial charge on any atom is -0.463 e. The van der Waals surface area contributed by atoms with Crippen molar-refractivity contribution in [3.63, 3.8) is 0 Å². The van der Waals surface area contributed by atoms with E-state index in [1.807, 2.05) is 13.8 Å². The Morgan fingerprint density at radius 2 is 2.00 bits per heavy atom. The van der Waals surface area contributed by atoms with Gasteiger partial charge in [-0.2, -0.15) is 0 Å². The summed E-state index contributed by atoms with van der Waals surface area (Å²) in [5.74, 6) is -1.46. The molecule has 1 aliphatic heterocycles. The first kappa shape index (κ1) is 12.0. The van der Waals surface area contributed by atoms with Gasteiger partial charge in [0.25, 0.3) is 11.5 Å². The van der Waals surface area contributed by atoms with Gasteiger partial charge in [0.2, 0.25) is 0 Å². The zero-order valence-corrected chi connectivity index (χ0v) is 9.49. The number of amides is 1. The van der Waals surface area contributed by atoms with Gasteiger partial charge in [-0.25, -0.2) is 4.79 Å². The fourth-order valence-electron chi connectivity index (χ4n) is 1.69. The van der Waals surface area contributed by atoms with Crippen LogP contribution in [0.3, 0.4) is 0 Å². The van der Waals surface area contributed by atoms with Crippen LogP contribution >= 0.6 is 0 Å². The highest BCUT2D eigenvalue weighted by Gasteiger charge is 2.78. The van der Waals surface area contributed by atoms with E-state index in [2.05, 4.69) is 0 Å². The van der Waals surface area contributed by atoms with Gasteiger partial charge in [0.05, 0.1) is 6.61 Å². The number of hydrogen-bond donors (Lipinski definition) is 1. The minimum absolute atomic E-state index is 0.00871. The Kier molecular flexibility index (Phi) is 2.78. The summed E-state index contributed by atoms with van der Waals surface area (Å²) < 4.78 is 10.1. The largest absolute Gasteiger partial charge is 0.463 e. The smallest absolute Gasteiger partial charge is 0.351 e. The van der Waals surface area contributed by atoms with Crippen LogP contribution in [0.2, 0.25) is 0 Å². The second-order valence-electron chi connectivity index (χ2n) is 4.13. The third-order valence-corrected chi connectivity index (χ3v) is 3.03.